The van der Waals surface area contributed by atoms with E-state index >= 15 is 0 Å². The zero-order chi connectivity index (χ0) is 11.7. The van der Waals surface area contributed by atoms with Gasteiger partial charge in [0.05, 0.1) is 12.3 Å². The molecule has 0 radical (unpaired) electrons. The summed E-state index contributed by atoms with van der Waals surface area (Å²) in [6.07, 6.45) is 2.52. The van der Waals surface area contributed by atoms with Crippen molar-refractivity contribution in [2.24, 2.45) is 5.73 Å². The minimum absolute atomic E-state index is 0.164. The highest BCUT2D eigenvalue weighted by Gasteiger charge is 2.18. The van der Waals surface area contributed by atoms with E-state index in [1.54, 1.807) is 6.26 Å². The Morgan fingerprint density at radius 2 is 2.38 bits per heavy atom. The molecule has 1 atom stereocenters. The number of aryl methyl sites for hydroxylation is 1. The summed E-state index contributed by atoms with van der Waals surface area (Å²) in [6.45, 7) is 2.05. The average Bonchev–Trinajstić information content (AvgIpc) is 2.85. The summed E-state index contributed by atoms with van der Waals surface area (Å²) in [5, 5.41) is 0. The zero-order valence-corrected chi connectivity index (χ0v) is 11.8. The Hall–Kier alpha value is -0.290. The number of furan rings is 1. The van der Waals surface area contributed by atoms with E-state index in [-0.39, 0.29) is 6.04 Å². The maximum atomic E-state index is 6.19. The van der Waals surface area contributed by atoms with E-state index in [1.807, 2.05) is 19.1 Å². The lowest BCUT2D eigenvalue weighted by Crippen LogP contribution is -2.10. The minimum Gasteiger partial charge on any atom is -0.469 e. The summed E-state index contributed by atoms with van der Waals surface area (Å²) in [5.41, 5.74) is 7.23. The van der Waals surface area contributed by atoms with E-state index in [2.05, 4.69) is 15.9 Å². The van der Waals surface area contributed by atoms with Crippen molar-refractivity contribution in [3.8, 4) is 0 Å². The van der Waals surface area contributed by atoms with Crippen LogP contribution in [-0.2, 0) is 6.42 Å². The molecule has 2 aromatic heterocycles. The first-order valence-corrected chi connectivity index (χ1v) is 6.88. The molecular weight excluding hydrogens is 310 g/mol. The topological polar surface area (TPSA) is 39.2 Å². The molecule has 0 saturated carbocycles. The molecule has 1 unspecified atom stereocenters. The number of nitrogens with two attached hydrogens (primary N) is 1. The summed E-state index contributed by atoms with van der Waals surface area (Å²) in [7, 11) is 0. The molecule has 16 heavy (non-hydrogen) atoms. The van der Waals surface area contributed by atoms with Gasteiger partial charge in [0.25, 0.3) is 0 Å². The largest absolute Gasteiger partial charge is 0.469 e. The van der Waals surface area contributed by atoms with Crippen molar-refractivity contribution in [1.82, 2.24) is 0 Å². The molecule has 0 aliphatic carbocycles. The molecule has 0 aromatic carbocycles. The third kappa shape index (κ3) is 2.20. The molecule has 0 saturated heterocycles. The molecule has 0 aliphatic heterocycles. The van der Waals surface area contributed by atoms with E-state index < -0.39 is 0 Å². The Bertz CT molecular complexity index is 474. The van der Waals surface area contributed by atoms with Crippen LogP contribution in [0.5, 0.6) is 0 Å². The van der Waals surface area contributed by atoms with E-state index in [9.17, 15) is 0 Å². The fourth-order valence-electron chi connectivity index (χ4n) is 1.58. The zero-order valence-electron chi connectivity index (χ0n) is 8.67. The lowest BCUT2D eigenvalue weighted by Gasteiger charge is -2.08. The highest BCUT2D eigenvalue weighted by Crippen LogP contribution is 2.37. The van der Waals surface area contributed by atoms with E-state index in [1.165, 1.54) is 11.3 Å². The van der Waals surface area contributed by atoms with Crippen LogP contribution in [0.4, 0.5) is 0 Å². The van der Waals surface area contributed by atoms with Crippen molar-refractivity contribution in [3.63, 3.8) is 0 Å². The van der Waals surface area contributed by atoms with Gasteiger partial charge in [-0.1, -0.05) is 18.5 Å². The number of thiophene rings is 1. The molecule has 0 fully saturated rings. The fourth-order valence-corrected chi connectivity index (χ4v) is 3.34. The first kappa shape index (κ1) is 12.2. The van der Waals surface area contributed by atoms with E-state index in [0.717, 1.165) is 31.4 Å². The Morgan fingerprint density at radius 3 is 2.94 bits per heavy atom. The molecule has 2 nitrogen and oxygen atoms in total. The van der Waals surface area contributed by atoms with Gasteiger partial charge in [-0.15, -0.1) is 11.3 Å². The third-order valence-corrected chi connectivity index (χ3v) is 4.96. The van der Waals surface area contributed by atoms with Crippen LogP contribution in [0.2, 0.25) is 4.34 Å². The highest BCUT2D eigenvalue weighted by molar-refractivity contribution is 9.10. The molecular formula is C11H11BrClNOS. The van der Waals surface area contributed by atoms with Crippen molar-refractivity contribution in [3.05, 3.63) is 43.4 Å². The van der Waals surface area contributed by atoms with Crippen LogP contribution in [0.3, 0.4) is 0 Å². The molecule has 0 aliphatic rings. The van der Waals surface area contributed by atoms with Crippen LogP contribution in [0.25, 0.3) is 0 Å². The highest BCUT2D eigenvalue weighted by atomic mass is 79.9. The molecule has 2 N–H and O–H groups in total. The van der Waals surface area contributed by atoms with Crippen LogP contribution < -0.4 is 5.73 Å². The molecule has 5 heteroatoms. The Labute approximate surface area is 112 Å². The van der Waals surface area contributed by atoms with Gasteiger partial charge in [0.15, 0.2) is 0 Å². The van der Waals surface area contributed by atoms with Gasteiger partial charge in [-0.3, -0.25) is 0 Å². The second-order valence-electron chi connectivity index (χ2n) is 3.40. The normalized spacial score (nSPS) is 13.0. The summed E-state index contributed by atoms with van der Waals surface area (Å²) in [4.78, 5) is 1.04. The summed E-state index contributed by atoms with van der Waals surface area (Å²) in [5.74, 6) is 0.938. The van der Waals surface area contributed by atoms with Crippen LogP contribution in [0.1, 0.15) is 29.2 Å². The van der Waals surface area contributed by atoms with Gasteiger partial charge in [-0.2, -0.15) is 0 Å². The predicted octanol–water partition coefficient (Wildman–Crippen LogP) is 4.37. The van der Waals surface area contributed by atoms with Crippen molar-refractivity contribution in [2.45, 2.75) is 19.4 Å². The Morgan fingerprint density at radius 1 is 1.62 bits per heavy atom. The molecule has 2 aromatic rings. The quantitative estimate of drug-likeness (QED) is 0.912. The van der Waals surface area contributed by atoms with Gasteiger partial charge in [-0.25, -0.2) is 0 Å². The minimum atomic E-state index is -0.164. The van der Waals surface area contributed by atoms with Gasteiger partial charge in [0.2, 0.25) is 0 Å². The van der Waals surface area contributed by atoms with Gasteiger partial charge < -0.3 is 10.2 Å². The molecule has 0 spiro atoms. The summed E-state index contributed by atoms with van der Waals surface area (Å²) >= 11 is 10.9. The van der Waals surface area contributed by atoms with Crippen molar-refractivity contribution in [1.29, 1.82) is 0 Å². The molecule has 0 amide bonds. The SMILES string of the molecule is CCc1occc1C(N)c1cc(Br)c(Cl)s1. The van der Waals surface area contributed by atoms with Gasteiger partial charge >= 0.3 is 0 Å². The van der Waals surface area contributed by atoms with Crippen LogP contribution >= 0.6 is 38.9 Å². The summed E-state index contributed by atoms with van der Waals surface area (Å²) in [6, 6.07) is 3.72. The molecule has 86 valence electrons. The van der Waals surface area contributed by atoms with Crippen molar-refractivity contribution in [2.75, 3.05) is 0 Å². The van der Waals surface area contributed by atoms with Crippen LogP contribution in [0, 0.1) is 0 Å². The number of rotatable bonds is 3. The number of halogens is 2. The van der Waals surface area contributed by atoms with Gasteiger partial charge in [-0.05, 0) is 28.1 Å². The van der Waals surface area contributed by atoms with Crippen molar-refractivity contribution >= 4 is 38.9 Å². The third-order valence-electron chi connectivity index (χ3n) is 2.41. The smallest absolute Gasteiger partial charge is 0.108 e. The maximum absolute atomic E-state index is 6.19. The lowest BCUT2D eigenvalue weighted by atomic mass is 10.1. The lowest BCUT2D eigenvalue weighted by molar-refractivity contribution is 0.509. The second kappa shape index (κ2) is 4.92. The van der Waals surface area contributed by atoms with Crippen molar-refractivity contribution < 1.29 is 4.42 Å². The molecule has 0 bridgehead atoms. The van der Waals surface area contributed by atoms with Gasteiger partial charge in [0, 0.05) is 21.3 Å². The van der Waals surface area contributed by atoms with Crippen LogP contribution in [-0.4, -0.2) is 0 Å². The molecule has 2 heterocycles. The first-order valence-electron chi connectivity index (χ1n) is 4.90. The fraction of sp³-hybridized carbons (Fsp3) is 0.273. The molecule has 2 rings (SSSR count). The van der Waals surface area contributed by atoms with Crippen LogP contribution in [0.15, 0.2) is 27.3 Å². The first-order chi connectivity index (χ1) is 7.63. The summed E-state index contributed by atoms with van der Waals surface area (Å²) < 4.78 is 7.00. The standard InChI is InChI=1S/C11H11BrClNOS/c1-2-8-6(3-4-15-8)10(14)9-5-7(12)11(13)16-9/h3-5,10H,2,14H2,1H3. The van der Waals surface area contributed by atoms with E-state index in [4.69, 9.17) is 21.8 Å². The van der Waals surface area contributed by atoms with E-state index in [0.29, 0.717) is 0 Å². The average molecular weight is 321 g/mol. The Balaban J connectivity index is 2.35. The maximum Gasteiger partial charge on any atom is 0.108 e. The second-order valence-corrected chi connectivity index (χ2v) is 5.94. The van der Waals surface area contributed by atoms with Gasteiger partial charge in [0.1, 0.15) is 10.1 Å². The monoisotopic (exact) mass is 319 g/mol. The Kier molecular flexibility index (Phi) is 3.74. The predicted molar refractivity (Wildman–Crippen MR) is 71.1 cm³/mol. The number of hydrogen-bond donors (Lipinski definition) is 1. The number of hydrogen-bond acceptors (Lipinski definition) is 3.